The van der Waals surface area contributed by atoms with Gasteiger partial charge in [0.2, 0.25) is 23.6 Å². The average Bonchev–Trinajstić information content (AvgIpc) is 3.93. The summed E-state index contributed by atoms with van der Waals surface area (Å²) in [5.74, 6) is -3.47. The molecule has 3 aromatic rings. The highest BCUT2D eigenvalue weighted by Crippen LogP contribution is 2.44. The van der Waals surface area contributed by atoms with Crippen molar-refractivity contribution in [1.29, 1.82) is 0 Å². The Balaban J connectivity index is 1.03. The minimum Gasteiger partial charge on any atom is -0.481 e. The van der Waals surface area contributed by atoms with Crippen LogP contribution in [0.2, 0.25) is 0 Å². The van der Waals surface area contributed by atoms with Gasteiger partial charge in [0, 0.05) is 12.3 Å². The number of alkyl carbamates (subject to hydrolysis) is 1. The molecule has 0 saturated heterocycles. The van der Waals surface area contributed by atoms with Gasteiger partial charge in [0.15, 0.2) is 0 Å². The van der Waals surface area contributed by atoms with Crippen LogP contribution >= 0.6 is 0 Å². The first kappa shape index (κ1) is 36.5. The highest BCUT2D eigenvalue weighted by Gasteiger charge is 2.33. The molecule has 2 aliphatic carbocycles. The molecular weight excluding hydrogens is 658 g/mol. The summed E-state index contributed by atoms with van der Waals surface area (Å²) in [7, 11) is 0. The molecule has 3 aromatic carbocycles. The monoisotopic (exact) mass is 699 g/mol. The first-order chi connectivity index (χ1) is 24.7. The Kier molecular flexibility index (Phi) is 12.7. The molecule has 1 fully saturated rings. The van der Waals surface area contributed by atoms with Crippen molar-refractivity contribution in [1.82, 2.24) is 26.6 Å². The van der Waals surface area contributed by atoms with E-state index in [9.17, 15) is 28.8 Å². The van der Waals surface area contributed by atoms with Gasteiger partial charge in [-0.2, -0.15) is 0 Å². The van der Waals surface area contributed by atoms with Gasteiger partial charge >= 0.3 is 12.1 Å². The third kappa shape index (κ3) is 10.9. The van der Waals surface area contributed by atoms with Crippen LogP contribution in [-0.4, -0.2) is 85.9 Å². The van der Waals surface area contributed by atoms with E-state index in [4.69, 9.17) is 14.6 Å². The first-order valence-electron chi connectivity index (χ1n) is 16.7. The van der Waals surface area contributed by atoms with Gasteiger partial charge < -0.3 is 41.2 Å². The number of carboxylic acid groups (broad SMARTS) is 1. The molecule has 268 valence electrons. The summed E-state index contributed by atoms with van der Waals surface area (Å²) in [5.41, 5.74) is 5.04. The zero-order valence-corrected chi connectivity index (χ0v) is 27.9. The second kappa shape index (κ2) is 17.8. The van der Waals surface area contributed by atoms with Crippen molar-refractivity contribution < 1.29 is 43.3 Å². The van der Waals surface area contributed by atoms with Gasteiger partial charge in [0.1, 0.15) is 25.9 Å². The fourth-order valence-corrected chi connectivity index (χ4v) is 5.93. The third-order valence-corrected chi connectivity index (χ3v) is 8.63. The Morgan fingerprint density at radius 1 is 0.706 bits per heavy atom. The number of nitrogens with one attached hydrogen (secondary N) is 5. The van der Waals surface area contributed by atoms with Crippen LogP contribution < -0.4 is 26.6 Å². The maximum Gasteiger partial charge on any atom is 0.407 e. The van der Waals surface area contributed by atoms with E-state index in [1.807, 2.05) is 48.5 Å². The van der Waals surface area contributed by atoms with Crippen molar-refractivity contribution in [2.75, 3.05) is 33.0 Å². The van der Waals surface area contributed by atoms with E-state index in [1.54, 1.807) is 30.3 Å². The summed E-state index contributed by atoms with van der Waals surface area (Å²) >= 11 is 0. The van der Waals surface area contributed by atoms with Gasteiger partial charge in [-0.25, -0.2) is 4.79 Å². The molecule has 6 N–H and O–H groups in total. The van der Waals surface area contributed by atoms with Gasteiger partial charge in [-0.3, -0.25) is 24.0 Å². The van der Waals surface area contributed by atoms with Crippen LogP contribution in [0.25, 0.3) is 11.1 Å². The summed E-state index contributed by atoms with van der Waals surface area (Å²) in [6, 6.07) is 23.7. The molecule has 0 spiro atoms. The van der Waals surface area contributed by atoms with E-state index in [1.165, 1.54) is 0 Å². The average molecular weight is 700 g/mol. The Labute approximate surface area is 294 Å². The molecule has 2 atom stereocenters. The molecule has 14 nitrogen and oxygen atoms in total. The lowest BCUT2D eigenvalue weighted by Crippen LogP contribution is -2.52. The topological polar surface area (TPSA) is 201 Å². The number of carbonyl (C=O) groups is 6. The van der Waals surface area contributed by atoms with Crippen LogP contribution in [0.3, 0.4) is 0 Å². The standard InChI is InChI=1S/C37H41N5O9/c43-32(19-40-37(49)50-21-29-27-12-6-4-10-25(27)26-11-5-7-13-28(26)29)38-20-34(45)42-30(16-23-8-2-1-3-9-23)36(48)39-18-33(44)41-22-51-31(17-35(46)47)24-14-15-24/h1-13,24,29-31H,14-22H2,(H,38,43)(H,39,48)(H,40,49)(H,41,44)(H,42,45)(H,46,47)/t30-,31-/m0/s1. The van der Waals surface area contributed by atoms with Crippen molar-refractivity contribution in [2.45, 2.75) is 43.7 Å². The summed E-state index contributed by atoms with van der Waals surface area (Å²) < 4.78 is 11.0. The van der Waals surface area contributed by atoms with Crippen molar-refractivity contribution in [2.24, 2.45) is 5.92 Å². The lowest BCUT2D eigenvalue weighted by atomic mass is 9.98. The molecule has 0 unspecified atom stereocenters. The minimum absolute atomic E-state index is 0.0812. The Hall–Kier alpha value is -5.76. The molecular formula is C37H41N5O9. The Morgan fingerprint density at radius 3 is 1.94 bits per heavy atom. The maximum atomic E-state index is 13.0. The van der Waals surface area contributed by atoms with Crippen LogP contribution in [0.15, 0.2) is 78.9 Å². The molecule has 0 bridgehead atoms. The molecule has 0 aromatic heterocycles. The molecule has 5 rings (SSSR count). The van der Waals surface area contributed by atoms with Gasteiger partial charge in [0.05, 0.1) is 25.6 Å². The SMILES string of the molecule is O=C(O)C[C@H](OCNC(=O)CNC(=O)[C@H](Cc1ccccc1)NC(=O)CNC(=O)CNC(=O)OCC1c2ccccc2-c2ccccc21)C1CC1. The molecule has 2 aliphatic rings. The lowest BCUT2D eigenvalue weighted by Gasteiger charge is -2.19. The fraction of sp³-hybridized carbons (Fsp3) is 0.351. The number of ether oxygens (including phenoxy) is 2. The number of carboxylic acids is 1. The van der Waals surface area contributed by atoms with Crippen molar-refractivity contribution in [3.05, 3.63) is 95.6 Å². The molecule has 14 heteroatoms. The number of aliphatic carboxylic acids is 1. The zero-order chi connectivity index (χ0) is 36.2. The predicted molar refractivity (Wildman–Crippen MR) is 184 cm³/mol. The van der Waals surface area contributed by atoms with Crippen molar-refractivity contribution >= 4 is 35.7 Å². The second-order valence-corrected chi connectivity index (χ2v) is 12.4. The Morgan fingerprint density at radius 2 is 1.29 bits per heavy atom. The summed E-state index contributed by atoms with van der Waals surface area (Å²) in [6.45, 7) is -1.44. The van der Waals surface area contributed by atoms with Gasteiger partial charge in [-0.1, -0.05) is 78.9 Å². The molecule has 5 amide bonds. The van der Waals surface area contributed by atoms with Crippen LogP contribution in [-0.2, 0) is 39.9 Å². The highest BCUT2D eigenvalue weighted by atomic mass is 16.5. The number of amides is 5. The Bertz CT molecular complexity index is 1680. The maximum absolute atomic E-state index is 13.0. The lowest BCUT2D eigenvalue weighted by molar-refractivity contribution is -0.141. The van der Waals surface area contributed by atoms with Gasteiger partial charge in [-0.15, -0.1) is 0 Å². The normalized spacial score (nSPS) is 14.2. The number of carbonyl (C=O) groups excluding carboxylic acids is 5. The van der Waals surface area contributed by atoms with E-state index in [2.05, 4.69) is 26.6 Å². The molecule has 0 aliphatic heterocycles. The van der Waals surface area contributed by atoms with Gasteiger partial charge in [0.25, 0.3) is 0 Å². The molecule has 1 saturated carbocycles. The number of fused-ring (bicyclic) bond motifs is 3. The summed E-state index contributed by atoms with van der Waals surface area (Å²) in [5, 5.41) is 21.4. The van der Waals surface area contributed by atoms with E-state index < -0.39 is 67.5 Å². The zero-order valence-electron chi connectivity index (χ0n) is 27.9. The van der Waals surface area contributed by atoms with Crippen LogP contribution in [0.1, 0.15) is 41.9 Å². The van der Waals surface area contributed by atoms with Crippen LogP contribution in [0.4, 0.5) is 4.79 Å². The second-order valence-electron chi connectivity index (χ2n) is 12.4. The quantitative estimate of drug-likeness (QED) is 0.107. The summed E-state index contributed by atoms with van der Waals surface area (Å²) in [4.78, 5) is 74.1. The van der Waals surface area contributed by atoms with E-state index in [0.29, 0.717) is 0 Å². The first-order valence-corrected chi connectivity index (χ1v) is 16.7. The van der Waals surface area contributed by atoms with E-state index in [-0.39, 0.29) is 38.0 Å². The predicted octanol–water partition coefficient (Wildman–Crippen LogP) is 1.83. The van der Waals surface area contributed by atoms with Crippen LogP contribution in [0.5, 0.6) is 0 Å². The van der Waals surface area contributed by atoms with Gasteiger partial charge in [-0.05, 0) is 46.6 Å². The fourth-order valence-electron chi connectivity index (χ4n) is 5.93. The highest BCUT2D eigenvalue weighted by molar-refractivity contribution is 5.92. The number of hydrogen-bond donors (Lipinski definition) is 6. The van der Waals surface area contributed by atoms with Crippen LogP contribution in [0, 0.1) is 5.92 Å². The smallest absolute Gasteiger partial charge is 0.407 e. The number of benzene rings is 3. The largest absolute Gasteiger partial charge is 0.481 e. The molecule has 0 heterocycles. The van der Waals surface area contributed by atoms with E-state index >= 15 is 0 Å². The summed E-state index contributed by atoms with van der Waals surface area (Å²) in [6.07, 6.45) is 0.421. The number of rotatable bonds is 18. The minimum atomic E-state index is -1.07. The third-order valence-electron chi connectivity index (χ3n) is 8.63. The van der Waals surface area contributed by atoms with Crippen molar-refractivity contribution in [3.8, 4) is 11.1 Å². The van der Waals surface area contributed by atoms with E-state index in [0.717, 1.165) is 40.7 Å². The number of hydrogen-bond acceptors (Lipinski definition) is 8. The van der Waals surface area contributed by atoms with Crippen molar-refractivity contribution in [3.63, 3.8) is 0 Å². The molecule has 51 heavy (non-hydrogen) atoms. The molecule has 0 radical (unpaired) electrons.